The molecular formula is C12H19N3. The zero-order valence-electron chi connectivity index (χ0n) is 9.81. The minimum Gasteiger partial charge on any atom is -0.385 e. The Hall–Kier alpha value is -1.64. The SMILES string of the molecule is C/C=C\c1[nH]c(/C=C\C)c(NC)c1NC. The number of rotatable bonds is 4. The molecular weight excluding hydrogens is 186 g/mol. The predicted octanol–water partition coefficient (Wildman–Crippen LogP) is 3.16. The summed E-state index contributed by atoms with van der Waals surface area (Å²) in [5, 5.41) is 6.40. The molecule has 0 unspecified atom stereocenters. The van der Waals surface area contributed by atoms with Gasteiger partial charge < -0.3 is 15.6 Å². The predicted molar refractivity (Wildman–Crippen MR) is 69.3 cm³/mol. The van der Waals surface area contributed by atoms with Crippen LogP contribution < -0.4 is 10.6 Å². The van der Waals surface area contributed by atoms with Gasteiger partial charge in [-0.1, -0.05) is 12.2 Å². The second kappa shape index (κ2) is 5.29. The van der Waals surface area contributed by atoms with E-state index in [1.165, 1.54) is 0 Å². The van der Waals surface area contributed by atoms with Crippen molar-refractivity contribution in [1.82, 2.24) is 4.98 Å². The van der Waals surface area contributed by atoms with Crippen molar-refractivity contribution < 1.29 is 0 Å². The lowest BCUT2D eigenvalue weighted by Gasteiger charge is -2.04. The van der Waals surface area contributed by atoms with E-state index in [1.54, 1.807) is 0 Å². The molecule has 1 aromatic rings. The van der Waals surface area contributed by atoms with Crippen molar-refractivity contribution in [3.8, 4) is 0 Å². The summed E-state index contributed by atoms with van der Waals surface area (Å²) in [5.74, 6) is 0. The Labute approximate surface area is 91.3 Å². The van der Waals surface area contributed by atoms with E-state index < -0.39 is 0 Å². The maximum absolute atomic E-state index is 3.36. The molecule has 0 saturated carbocycles. The first kappa shape index (κ1) is 11.4. The molecule has 1 heterocycles. The van der Waals surface area contributed by atoms with Crippen molar-refractivity contribution in [3.05, 3.63) is 23.5 Å². The number of nitrogens with one attached hydrogen (secondary N) is 3. The lowest BCUT2D eigenvalue weighted by molar-refractivity contribution is 1.33. The Morgan fingerprint density at radius 1 is 0.867 bits per heavy atom. The lowest BCUT2D eigenvalue weighted by Crippen LogP contribution is -1.95. The average molecular weight is 205 g/mol. The molecule has 0 radical (unpaired) electrons. The van der Waals surface area contributed by atoms with Crippen molar-refractivity contribution in [2.24, 2.45) is 0 Å². The van der Waals surface area contributed by atoms with E-state index in [9.17, 15) is 0 Å². The fourth-order valence-corrected chi connectivity index (χ4v) is 1.64. The van der Waals surface area contributed by atoms with Crippen molar-refractivity contribution in [2.45, 2.75) is 13.8 Å². The quantitative estimate of drug-likeness (QED) is 0.706. The molecule has 0 aliphatic carbocycles. The van der Waals surface area contributed by atoms with Crippen LogP contribution in [0.15, 0.2) is 12.2 Å². The summed E-state index contributed by atoms with van der Waals surface area (Å²) in [7, 11) is 3.85. The summed E-state index contributed by atoms with van der Waals surface area (Å²) < 4.78 is 0. The zero-order chi connectivity index (χ0) is 11.3. The van der Waals surface area contributed by atoms with E-state index in [0.29, 0.717) is 0 Å². The van der Waals surface area contributed by atoms with Gasteiger partial charge in [0.1, 0.15) is 0 Å². The van der Waals surface area contributed by atoms with Gasteiger partial charge in [0, 0.05) is 14.1 Å². The van der Waals surface area contributed by atoms with Gasteiger partial charge in [-0.25, -0.2) is 0 Å². The maximum Gasteiger partial charge on any atom is 0.0833 e. The fourth-order valence-electron chi connectivity index (χ4n) is 1.64. The topological polar surface area (TPSA) is 39.9 Å². The summed E-state index contributed by atoms with van der Waals surface area (Å²) >= 11 is 0. The molecule has 0 saturated heterocycles. The third-order valence-electron chi connectivity index (χ3n) is 2.22. The molecule has 0 aliphatic rings. The molecule has 0 fully saturated rings. The van der Waals surface area contributed by atoms with E-state index in [-0.39, 0.29) is 0 Å². The number of anilines is 2. The third kappa shape index (κ3) is 2.24. The standard InChI is InChI=1S/C12H19N3/c1-5-7-9-11(13-3)12(14-4)10(15-9)8-6-2/h5-8,13-15H,1-4H3/b7-5-,8-6-. The van der Waals surface area contributed by atoms with E-state index in [1.807, 2.05) is 40.1 Å². The number of hydrogen-bond donors (Lipinski definition) is 3. The first-order valence-electron chi connectivity index (χ1n) is 5.15. The Balaban J connectivity index is 3.29. The summed E-state index contributed by atoms with van der Waals surface area (Å²) in [6.45, 7) is 4.02. The monoisotopic (exact) mass is 205 g/mol. The normalized spacial score (nSPS) is 11.5. The first-order valence-corrected chi connectivity index (χ1v) is 5.15. The third-order valence-corrected chi connectivity index (χ3v) is 2.22. The minimum atomic E-state index is 1.09. The molecule has 0 aliphatic heterocycles. The summed E-state index contributed by atoms with van der Waals surface area (Å²) in [6, 6.07) is 0. The smallest absolute Gasteiger partial charge is 0.0833 e. The largest absolute Gasteiger partial charge is 0.385 e. The van der Waals surface area contributed by atoms with E-state index in [4.69, 9.17) is 0 Å². The van der Waals surface area contributed by atoms with Gasteiger partial charge in [-0.2, -0.15) is 0 Å². The zero-order valence-corrected chi connectivity index (χ0v) is 9.81. The molecule has 82 valence electrons. The van der Waals surface area contributed by atoms with Gasteiger partial charge in [0.05, 0.1) is 22.8 Å². The Morgan fingerprint density at radius 3 is 1.53 bits per heavy atom. The number of aromatic amines is 1. The van der Waals surface area contributed by atoms with E-state index >= 15 is 0 Å². The maximum atomic E-state index is 3.36. The van der Waals surface area contributed by atoms with Gasteiger partial charge in [0.25, 0.3) is 0 Å². The van der Waals surface area contributed by atoms with Crippen LogP contribution in [0, 0.1) is 0 Å². The molecule has 3 nitrogen and oxygen atoms in total. The molecule has 3 N–H and O–H groups in total. The van der Waals surface area contributed by atoms with Crippen LogP contribution in [0.4, 0.5) is 11.4 Å². The van der Waals surface area contributed by atoms with Crippen molar-refractivity contribution in [3.63, 3.8) is 0 Å². The lowest BCUT2D eigenvalue weighted by atomic mass is 10.2. The molecule has 0 bridgehead atoms. The van der Waals surface area contributed by atoms with Crippen LogP contribution in [-0.2, 0) is 0 Å². The molecule has 3 heteroatoms. The van der Waals surface area contributed by atoms with E-state index in [2.05, 4.69) is 27.8 Å². The highest BCUT2D eigenvalue weighted by Crippen LogP contribution is 2.31. The summed E-state index contributed by atoms with van der Waals surface area (Å²) in [5.41, 5.74) is 4.39. The Morgan fingerprint density at radius 2 is 1.27 bits per heavy atom. The highest BCUT2D eigenvalue weighted by Gasteiger charge is 2.11. The first-order chi connectivity index (χ1) is 7.28. The second-order valence-corrected chi connectivity index (χ2v) is 3.20. The molecule has 0 amide bonds. The van der Waals surface area contributed by atoms with Crippen molar-refractivity contribution in [2.75, 3.05) is 24.7 Å². The highest BCUT2D eigenvalue weighted by molar-refractivity contribution is 5.85. The molecule has 0 aromatic carbocycles. The highest BCUT2D eigenvalue weighted by atomic mass is 15.0. The van der Waals surface area contributed by atoms with Gasteiger partial charge in [-0.3, -0.25) is 0 Å². The van der Waals surface area contributed by atoms with Crippen molar-refractivity contribution in [1.29, 1.82) is 0 Å². The fraction of sp³-hybridized carbons (Fsp3) is 0.333. The van der Waals surface area contributed by atoms with Crippen LogP contribution in [0.1, 0.15) is 25.2 Å². The molecule has 1 rings (SSSR count). The average Bonchev–Trinajstić information content (AvgIpc) is 2.56. The van der Waals surface area contributed by atoms with Gasteiger partial charge >= 0.3 is 0 Å². The molecule has 15 heavy (non-hydrogen) atoms. The van der Waals surface area contributed by atoms with Crippen LogP contribution in [0.3, 0.4) is 0 Å². The summed E-state index contributed by atoms with van der Waals surface area (Å²) in [6.07, 6.45) is 8.15. The van der Waals surface area contributed by atoms with Gasteiger partial charge in [0.15, 0.2) is 0 Å². The van der Waals surface area contributed by atoms with E-state index in [0.717, 1.165) is 22.8 Å². The Kier molecular flexibility index (Phi) is 4.03. The Bertz CT molecular complexity index is 338. The van der Waals surface area contributed by atoms with Gasteiger partial charge in [-0.05, 0) is 26.0 Å². The number of aromatic nitrogens is 1. The number of hydrogen-bond acceptors (Lipinski definition) is 2. The number of H-pyrrole nitrogens is 1. The van der Waals surface area contributed by atoms with Crippen LogP contribution in [0.25, 0.3) is 12.2 Å². The molecule has 1 aromatic heterocycles. The molecule has 0 spiro atoms. The van der Waals surface area contributed by atoms with Crippen LogP contribution in [-0.4, -0.2) is 19.1 Å². The molecule has 0 atom stereocenters. The summed E-state index contributed by atoms with van der Waals surface area (Å²) in [4.78, 5) is 3.36. The minimum absolute atomic E-state index is 1.09. The second-order valence-electron chi connectivity index (χ2n) is 3.20. The number of allylic oxidation sites excluding steroid dienone is 2. The van der Waals surface area contributed by atoms with Gasteiger partial charge in [0.2, 0.25) is 0 Å². The van der Waals surface area contributed by atoms with Crippen molar-refractivity contribution >= 4 is 23.5 Å². The van der Waals surface area contributed by atoms with Crippen LogP contribution in [0.5, 0.6) is 0 Å². The van der Waals surface area contributed by atoms with Crippen LogP contribution >= 0.6 is 0 Å². The van der Waals surface area contributed by atoms with Crippen LogP contribution in [0.2, 0.25) is 0 Å². The van der Waals surface area contributed by atoms with Gasteiger partial charge in [-0.15, -0.1) is 0 Å².